The summed E-state index contributed by atoms with van der Waals surface area (Å²) in [7, 11) is 0. The lowest BCUT2D eigenvalue weighted by Gasteiger charge is -2.35. The number of hydrogen-bond acceptors (Lipinski definition) is 6. The van der Waals surface area contributed by atoms with Crippen molar-refractivity contribution in [1.82, 2.24) is 4.98 Å². The van der Waals surface area contributed by atoms with E-state index >= 15 is 0 Å². The molecule has 1 atom stereocenters. The van der Waals surface area contributed by atoms with Crippen LogP contribution in [0.5, 0.6) is 0 Å². The number of piperidine rings is 1. The molecule has 196 valence electrons. The van der Waals surface area contributed by atoms with Crippen LogP contribution in [0.4, 0.5) is 17.3 Å². The van der Waals surface area contributed by atoms with Crippen LogP contribution >= 0.6 is 11.8 Å². The van der Waals surface area contributed by atoms with Crippen LogP contribution < -0.4 is 15.1 Å². The molecule has 1 spiro atoms. The summed E-state index contributed by atoms with van der Waals surface area (Å²) < 4.78 is 5.66. The van der Waals surface area contributed by atoms with Crippen molar-refractivity contribution in [3.8, 4) is 0 Å². The zero-order valence-electron chi connectivity index (χ0n) is 22.0. The minimum absolute atomic E-state index is 0. The first-order chi connectivity index (χ1) is 17.6. The van der Waals surface area contributed by atoms with Gasteiger partial charge < -0.3 is 19.9 Å². The molecule has 4 fully saturated rings. The van der Waals surface area contributed by atoms with Gasteiger partial charge in [-0.3, -0.25) is 4.79 Å². The molecule has 2 aliphatic carbocycles. The van der Waals surface area contributed by atoms with Crippen molar-refractivity contribution in [2.75, 3.05) is 47.9 Å². The molecule has 6 nitrogen and oxygen atoms in total. The van der Waals surface area contributed by atoms with E-state index in [-0.39, 0.29) is 13.4 Å². The van der Waals surface area contributed by atoms with Crippen LogP contribution in [0.1, 0.15) is 71.1 Å². The molecule has 3 heterocycles. The van der Waals surface area contributed by atoms with E-state index in [1.165, 1.54) is 43.4 Å². The molecule has 0 radical (unpaired) electrons. The number of nitrogens with one attached hydrogen (secondary N) is 1. The van der Waals surface area contributed by atoms with Crippen LogP contribution in [0.3, 0.4) is 0 Å². The second-order valence-electron chi connectivity index (χ2n) is 10.4. The van der Waals surface area contributed by atoms with Crippen LogP contribution in [0.25, 0.3) is 0 Å². The van der Waals surface area contributed by atoms with Crippen LogP contribution in [-0.4, -0.2) is 55.0 Å². The molecule has 2 saturated heterocycles. The molecule has 2 saturated carbocycles. The van der Waals surface area contributed by atoms with E-state index in [1.54, 1.807) is 0 Å². The molecule has 4 aliphatic rings. The zero-order chi connectivity index (χ0) is 25.1. The molecule has 0 unspecified atom stereocenters. The molecule has 1 amide bonds. The summed E-state index contributed by atoms with van der Waals surface area (Å²) in [4.78, 5) is 24.2. The van der Waals surface area contributed by atoms with Gasteiger partial charge in [-0.1, -0.05) is 19.9 Å². The van der Waals surface area contributed by atoms with Gasteiger partial charge in [-0.2, -0.15) is 0 Å². The summed E-state index contributed by atoms with van der Waals surface area (Å²) in [5.74, 6) is 1.40. The number of ether oxygens (including phenoxy) is 1. The number of rotatable bonds is 6. The van der Waals surface area contributed by atoms with Crippen molar-refractivity contribution in [3.05, 3.63) is 42.0 Å². The number of nitrogens with zero attached hydrogens (tertiary/aromatic N) is 3. The first-order valence-corrected chi connectivity index (χ1v) is 14.7. The van der Waals surface area contributed by atoms with E-state index in [0.717, 1.165) is 48.5 Å². The predicted molar refractivity (Wildman–Crippen MR) is 152 cm³/mol. The summed E-state index contributed by atoms with van der Waals surface area (Å²) in [5.41, 5.74) is 2.44. The Balaban J connectivity index is 0.00000104. The number of carbonyl (C=O) groups is 1. The first-order valence-electron chi connectivity index (χ1n) is 13.8. The Bertz CT molecular complexity index is 1070. The maximum Gasteiger partial charge on any atom is 0.258 e. The van der Waals surface area contributed by atoms with E-state index in [1.807, 2.05) is 49.9 Å². The average Bonchev–Trinajstić information content (AvgIpc) is 3.85. The van der Waals surface area contributed by atoms with Gasteiger partial charge in [0.25, 0.3) is 5.91 Å². The van der Waals surface area contributed by atoms with Crippen LogP contribution in [-0.2, 0) is 4.74 Å². The summed E-state index contributed by atoms with van der Waals surface area (Å²) >= 11 is 1.96. The smallest absolute Gasteiger partial charge is 0.258 e. The van der Waals surface area contributed by atoms with Crippen LogP contribution in [0, 0.1) is 5.41 Å². The minimum atomic E-state index is -0.0790. The van der Waals surface area contributed by atoms with Crippen LogP contribution in [0.2, 0.25) is 0 Å². The summed E-state index contributed by atoms with van der Waals surface area (Å²) in [5, 5.41) is 3.84. The Morgan fingerprint density at radius 3 is 2.56 bits per heavy atom. The fraction of sp³-hybridized carbons (Fsp3) is 0.586. The molecule has 1 aromatic heterocycles. The lowest BCUT2D eigenvalue weighted by Crippen LogP contribution is -2.41. The third-order valence-electron chi connectivity index (χ3n) is 7.70. The van der Waals surface area contributed by atoms with E-state index < -0.39 is 0 Å². The highest BCUT2D eigenvalue weighted by atomic mass is 32.2. The summed E-state index contributed by atoms with van der Waals surface area (Å²) in [6.07, 6.45) is 8.05. The minimum Gasteiger partial charge on any atom is -0.375 e. The Morgan fingerprint density at radius 2 is 1.86 bits per heavy atom. The Kier molecular flexibility index (Phi) is 7.77. The maximum absolute atomic E-state index is 13.5. The summed E-state index contributed by atoms with van der Waals surface area (Å²) in [6.45, 7) is 10.5. The van der Waals surface area contributed by atoms with Crippen molar-refractivity contribution in [1.29, 1.82) is 0 Å². The van der Waals surface area contributed by atoms with Gasteiger partial charge in [0.1, 0.15) is 11.6 Å². The van der Waals surface area contributed by atoms with Crippen LogP contribution in [0.15, 0.2) is 41.3 Å². The maximum atomic E-state index is 13.5. The molecular weight excluding hydrogens is 468 g/mol. The molecule has 7 heteroatoms. The highest BCUT2D eigenvalue weighted by molar-refractivity contribution is 8.00. The molecule has 6 rings (SSSR count). The standard InChI is InChI=1S/C27H34N4O2S.C2H6.H2/c1-19-18-31(15-16-33-19)25-4-2-3-24(28-25)29-26(32)22-8-7-21(34-20-5-6-20)17-23(22)30-13-11-27(9-10-27)12-14-30;1-2;/h2-4,7-8,17,19-20H,5-6,9-16,18H2,1H3,(H,28,29,32);1-2H3;1H/t19-;;/m1../s1. The highest BCUT2D eigenvalue weighted by Crippen LogP contribution is 2.54. The van der Waals surface area contributed by atoms with Gasteiger partial charge in [0.05, 0.1) is 24.0 Å². The molecule has 0 bridgehead atoms. The average molecular weight is 511 g/mol. The van der Waals surface area contributed by atoms with Crippen molar-refractivity contribution >= 4 is 35.0 Å². The second kappa shape index (κ2) is 11.0. The lowest BCUT2D eigenvalue weighted by molar-refractivity contribution is 0.0529. The van der Waals surface area contributed by atoms with Gasteiger partial charge in [-0.25, -0.2) is 4.98 Å². The number of pyridine rings is 1. The number of carbonyl (C=O) groups excluding carboxylic acids is 1. The molecule has 2 aliphatic heterocycles. The monoisotopic (exact) mass is 510 g/mol. The molecule has 1 N–H and O–H groups in total. The lowest BCUT2D eigenvalue weighted by atomic mass is 9.93. The van der Waals surface area contributed by atoms with Gasteiger partial charge in [-0.15, -0.1) is 11.8 Å². The number of benzene rings is 1. The Hall–Kier alpha value is -2.25. The molecular formula is C29H42N4O2S. The third kappa shape index (κ3) is 6.00. The van der Waals surface area contributed by atoms with E-state index in [9.17, 15) is 4.79 Å². The number of amides is 1. The number of thioether (sulfide) groups is 1. The van der Waals surface area contributed by atoms with Gasteiger partial charge in [0.2, 0.25) is 0 Å². The largest absolute Gasteiger partial charge is 0.375 e. The van der Waals surface area contributed by atoms with Crippen molar-refractivity contribution in [2.45, 2.75) is 75.5 Å². The van der Waals surface area contributed by atoms with Crippen molar-refractivity contribution in [3.63, 3.8) is 0 Å². The fourth-order valence-electron chi connectivity index (χ4n) is 5.19. The van der Waals surface area contributed by atoms with Crippen molar-refractivity contribution in [2.24, 2.45) is 5.41 Å². The molecule has 36 heavy (non-hydrogen) atoms. The third-order valence-corrected chi connectivity index (χ3v) is 9.03. The number of morpholine rings is 1. The fourth-order valence-corrected chi connectivity index (χ4v) is 6.28. The molecule has 2 aromatic rings. The number of hydrogen-bond donors (Lipinski definition) is 1. The topological polar surface area (TPSA) is 57.7 Å². The van der Waals surface area contributed by atoms with E-state index in [2.05, 4.69) is 34.2 Å². The Labute approximate surface area is 221 Å². The SMILES string of the molecule is CC.C[C@@H]1CN(c2cccc(NC(=O)c3ccc(SC4CC4)cc3N3CCC4(CC3)CC4)n2)CCO1.[HH]. The van der Waals surface area contributed by atoms with Gasteiger partial charge in [-0.05, 0) is 81.2 Å². The highest BCUT2D eigenvalue weighted by Gasteiger charge is 2.44. The predicted octanol–water partition coefficient (Wildman–Crippen LogP) is 6.47. The van der Waals surface area contributed by atoms with Gasteiger partial charge >= 0.3 is 0 Å². The Morgan fingerprint density at radius 1 is 1.08 bits per heavy atom. The zero-order valence-corrected chi connectivity index (χ0v) is 22.8. The van der Waals surface area contributed by atoms with E-state index in [4.69, 9.17) is 9.72 Å². The van der Waals surface area contributed by atoms with Gasteiger partial charge in [0.15, 0.2) is 0 Å². The van der Waals surface area contributed by atoms with Crippen molar-refractivity contribution < 1.29 is 11.0 Å². The quantitative estimate of drug-likeness (QED) is 0.481. The normalized spacial score (nSPS) is 22.6. The van der Waals surface area contributed by atoms with E-state index in [0.29, 0.717) is 17.8 Å². The number of aromatic nitrogens is 1. The second-order valence-corrected chi connectivity index (χ2v) is 11.8. The summed E-state index contributed by atoms with van der Waals surface area (Å²) in [6, 6.07) is 12.2. The molecule has 1 aromatic carbocycles. The van der Waals surface area contributed by atoms with Gasteiger partial charge in [0, 0.05) is 37.8 Å². The number of anilines is 3. The first kappa shape index (κ1) is 25.4.